The molecule has 5 heteroatoms. The summed E-state index contributed by atoms with van der Waals surface area (Å²) in [7, 11) is 1.97. The van der Waals surface area contributed by atoms with Gasteiger partial charge in [-0.05, 0) is 30.9 Å². The summed E-state index contributed by atoms with van der Waals surface area (Å²) in [6.45, 7) is 2.54. The fourth-order valence-corrected chi connectivity index (χ4v) is 2.38. The predicted molar refractivity (Wildman–Crippen MR) is 70.8 cm³/mol. The summed E-state index contributed by atoms with van der Waals surface area (Å²) in [5.74, 6) is 1.26. The number of nitrogens with zero attached hydrogens (tertiary/aromatic N) is 3. The van der Waals surface area contributed by atoms with Crippen molar-refractivity contribution in [2.24, 2.45) is 5.92 Å². The molecule has 1 saturated heterocycles. The Morgan fingerprint density at radius 3 is 3.11 bits per heavy atom. The maximum absolute atomic E-state index is 8.91. The Morgan fingerprint density at radius 2 is 2.44 bits per heavy atom. The molecule has 1 fully saturated rings. The second-order valence-corrected chi connectivity index (χ2v) is 5.00. The van der Waals surface area contributed by atoms with Crippen LogP contribution in [-0.4, -0.2) is 31.8 Å². The van der Waals surface area contributed by atoms with E-state index >= 15 is 0 Å². The molecule has 2 heterocycles. The van der Waals surface area contributed by atoms with Crippen LogP contribution in [0.2, 0.25) is 5.15 Å². The lowest BCUT2D eigenvalue weighted by Crippen LogP contribution is -2.31. The Hall–Kier alpha value is -1.31. The Balaban J connectivity index is 2.05. The molecule has 0 bridgehead atoms. The lowest BCUT2D eigenvalue weighted by Gasteiger charge is -2.27. The van der Waals surface area contributed by atoms with Crippen LogP contribution in [0.15, 0.2) is 12.1 Å². The number of nitriles is 1. The van der Waals surface area contributed by atoms with Gasteiger partial charge in [0.05, 0.1) is 18.2 Å². The topological polar surface area (TPSA) is 49.1 Å². The van der Waals surface area contributed by atoms with Gasteiger partial charge in [-0.3, -0.25) is 0 Å². The molecule has 0 amide bonds. The van der Waals surface area contributed by atoms with Crippen molar-refractivity contribution in [1.82, 2.24) is 4.98 Å². The largest absolute Gasteiger partial charge is 0.381 e. The molecule has 0 saturated carbocycles. The molecular formula is C13H16ClN3O. The van der Waals surface area contributed by atoms with Crippen molar-refractivity contribution in [3.8, 4) is 6.07 Å². The first-order valence-electron chi connectivity index (χ1n) is 6.05. The highest BCUT2D eigenvalue weighted by atomic mass is 35.5. The second kappa shape index (κ2) is 6.03. The summed E-state index contributed by atoms with van der Waals surface area (Å²) in [6, 6.07) is 5.42. The van der Waals surface area contributed by atoms with E-state index in [4.69, 9.17) is 21.6 Å². The van der Waals surface area contributed by atoms with Crippen molar-refractivity contribution in [3.05, 3.63) is 22.8 Å². The molecule has 1 aliphatic rings. The second-order valence-electron chi connectivity index (χ2n) is 4.61. The van der Waals surface area contributed by atoms with Crippen molar-refractivity contribution < 1.29 is 4.74 Å². The van der Waals surface area contributed by atoms with Crippen LogP contribution in [-0.2, 0) is 4.74 Å². The standard InChI is InChI=1S/C13H16ClN3O/c1-17(8-10-3-2-4-18-9-10)13-6-11(7-15)5-12(14)16-13/h5-6,10H,2-4,8-9H2,1H3. The smallest absolute Gasteiger partial charge is 0.132 e. The molecule has 0 radical (unpaired) electrons. The zero-order valence-corrected chi connectivity index (χ0v) is 11.2. The monoisotopic (exact) mass is 265 g/mol. The summed E-state index contributed by atoms with van der Waals surface area (Å²) >= 11 is 5.90. The third-order valence-corrected chi connectivity index (χ3v) is 3.28. The van der Waals surface area contributed by atoms with Crippen LogP contribution in [0.25, 0.3) is 0 Å². The van der Waals surface area contributed by atoms with Gasteiger partial charge in [-0.15, -0.1) is 0 Å². The van der Waals surface area contributed by atoms with Gasteiger partial charge in [0.2, 0.25) is 0 Å². The van der Waals surface area contributed by atoms with Gasteiger partial charge in [-0.2, -0.15) is 5.26 Å². The van der Waals surface area contributed by atoms with Gasteiger partial charge in [-0.25, -0.2) is 4.98 Å². The summed E-state index contributed by atoms with van der Waals surface area (Å²) in [5, 5.41) is 9.27. The molecule has 1 atom stereocenters. The molecule has 0 aliphatic carbocycles. The molecular weight excluding hydrogens is 250 g/mol. The minimum Gasteiger partial charge on any atom is -0.381 e. The Morgan fingerprint density at radius 1 is 1.61 bits per heavy atom. The van der Waals surface area contributed by atoms with Gasteiger partial charge in [-0.1, -0.05) is 11.6 Å². The van der Waals surface area contributed by atoms with E-state index in [-0.39, 0.29) is 0 Å². The first-order valence-corrected chi connectivity index (χ1v) is 6.43. The van der Waals surface area contributed by atoms with Gasteiger partial charge in [0.25, 0.3) is 0 Å². The highest BCUT2D eigenvalue weighted by Crippen LogP contribution is 2.20. The van der Waals surface area contributed by atoms with Crippen molar-refractivity contribution in [3.63, 3.8) is 0 Å². The predicted octanol–water partition coefficient (Wildman–Crippen LogP) is 2.47. The third kappa shape index (κ3) is 3.34. The van der Waals surface area contributed by atoms with E-state index in [1.54, 1.807) is 12.1 Å². The lowest BCUT2D eigenvalue weighted by molar-refractivity contribution is 0.0576. The molecule has 0 spiro atoms. The minimum atomic E-state index is 0.357. The third-order valence-electron chi connectivity index (χ3n) is 3.09. The molecule has 4 nitrogen and oxygen atoms in total. The SMILES string of the molecule is CN(CC1CCCOC1)c1cc(C#N)cc(Cl)n1. The van der Waals surface area contributed by atoms with Crippen molar-refractivity contribution >= 4 is 17.4 Å². The van der Waals surface area contributed by atoms with Gasteiger partial charge in [0.1, 0.15) is 11.0 Å². The van der Waals surface area contributed by atoms with Crippen LogP contribution < -0.4 is 4.90 Å². The van der Waals surface area contributed by atoms with E-state index in [9.17, 15) is 0 Å². The number of halogens is 1. The fraction of sp³-hybridized carbons (Fsp3) is 0.538. The zero-order valence-electron chi connectivity index (χ0n) is 10.4. The van der Waals surface area contributed by atoms with Crippen molar-refractivity contribution in [1.29, 1.82) is 5.26 Å². The van der Waals surface area contributed by atoms with E-state index in [1.807, 2.05) is 11.9 Å². The molecule has 96 valence electrons. The van der Waals surface area contributed by atoms with Gasteiger partial charge < -0.3 is 9.64 Å². The number of ether oxygens (including phenoxy) is 1. The minimum absolute atomic E-state index is 0.357. The number of aromatic nitrogens is 1. The molecule has 1 aromatic rings. The maximum atomic E-state index is 8.91. The summed E-state index contributed by atoms with van der Waals surface area (Å²) < 4.78 is 5.46. The van der Waals surface area contributed by atoms with Crippen molar-refractivity contribution in [2.45, 2.75) is 12.8 Å². The lowest BCUT2D eigenvalue weighted by atomic mass is 10.0. The molecule has 1 aliphatic heterocycles. The molecule has 1 unspecified atom stereocenters. The van der Waals surface area contributed by atoms with Gasteiger partial charge in [0.15, 0.2) is 0 Å². The van der Waals surface area contributed by atoms with Crippen LogP contribution in [0.5, 0.6) is 0 Å². The van der Waals surface area contributed by atoms with E-state index in [1.165, 1.54) is 6.42 Å². The van der Waals surface area contributed by atoms with Crippen LogP contribution in [0.4, 0.5) is 5.82 Å². The summed E-state index contributed by atoms with van der Waals surface area (Å²) in [4.78, 5) is 6.28. The Labute approximate surface area is 112 Å². The Kier molecular flexibility index (Phi) is 4.40. The number of hydrogen-bond donors (Lipinski definition) is 0. The van der Waals surface area contributed by atoms with E-state index in [0.717, 1.165) is 32.0 Å². The van der Waals surface area contributed by atoms with E-state index in [0.29, 0.717) is 16.6 Å². The highest BCUT2D eigenvalue weighted by Gasteiger charge is 2.17. The Bertz CT molecular complexity index is 452. The summed E-state index contributed by atoms with van der Waals surface area (Å²) in [5.41, 5.74) is 0.539. The normalized spacial score (nSPS) is 19.3. The maximum Gasteiger partial charge on any atom is 0.132 e. The molecule has 0 aromatic carbocycles. The number of pyridine rings is 1. The molecule has 1 aromatic heterocycles. The van der Waals surface area contributed by atoms with E-state index < -0.39 is 0 Å². The average Bonchev–Trinajstić information content (AvgIpc) is 2.39. The first kappa shape index (κ1) is 13.1. The van der Waals surface area contributed by atoms with Crippen LogP contribution in [0, 0.1) is 17.2 Å². The molecule has 0 N–H and O–H groups in total. The average molecular weight is 266 g/mol. The van der Waals surface area contributed by atoms with Crippen LogP contribution >= 0.6 is 11.6 Å². The first-order chi connectivity index (χ1) is 8.69. The van der Waals surface area contributed by atoms with Crippen LogP contribution in [0.3, 0.4) is 0 Å². The fourth-order valence-electron chi connectivity index (χ4n) is 2.18. The number of rotatable bonds is 3. The summed E-state index contributed by atoms with van der Waals surface area (Å²) in [6.07, 6.45) is 2.29. The zero-order chi connectivity index (χ0) is 13.0. The van der Waals surface area contributed by atoms with E-state index in [2.05, 4.69) is 11.1 Å². The van der Waals surface area contributed by atoms with Gasteiger partial charge >= 0.3 is 0 Å². The van der Waals surface area contributed by atoms with Crippen LogP contribution in [0.1, 0.15) is 18.4 Å². The molecule has 2 rings (SSSR count). The van der Waals surface area contributed by atoms with Crippen molar-refractivity contribution in [2.75, 3.05) is 31.7 Å². The van der Waals surface area contributed by atoms with Gasteiger partial charge in [0, 0.05) is 20.2 Å². The molecule has 18 heavy (non-hydrogen) atoms. The quantitative estimate of drug-likeness (QED) is 0.788. The highest BCUT2D eigenvalue weighted by molar-refractivity contribution is 6.29. The number of hydrogen-bond acceptors (Lipinski definition) is 4. The number of anilines is 1.